The SMILES string of the molecule is CC(Cn1cccn1)NC(=O)c1cc(Br)c(Br)s1. The number of hydrogen-bond donors (Lipinski definition) is 1. The first-order valence-electron chi connectivity index (χ1n) is 5.29. The summed E-state index contributed by atoms with van der Waals surface area (Å²) in [6, 6.07) is 3.70. The third kappa shape index (κ3) is 3.43. The minimum atomic E-state index is -0.0638. The number of hydrogen-bond acceptors (Lipinski definition) is 3. The highest BCUT2D eigenvalue weighted by Crippen LogP contribution is 2.32. The minimum Gasteiger partial charge on any atom is -0.347 e. The van der Waals surface area contributed by atoms with Crippen LogP contribution in [0.5, 0.6) is 0 Å². The van der Waals surface area contributed by atoms with E-state index >= 15 is 0 Å². The summed E-state index contributed by atoms with van der Waals surface area (Å²) in [7, 11) is 0. The summed E-state index contributed by atoms with van der Waals surface area (Å²) in [4.78, 5) is 12.7. The van der Waals surface area contributed by atoms with Gasteiger partial charge in [0.05, 0.1) is 15.2 Å². The van der Waals surface area contributed by atoms with Gasteiger partial charge in [0.25, 0.3) is 5.91 Å². The quantitative estimate of drug-likeness (QED) is 0.867. The largest absolute Gasteiger partial charge is 0.347 e. The summed E-state index contributed by atoms with van der Waals surface area (Å²) in [6.45, 7) is 2.61. The van der Waals surface area contributed by atoms with Gasteiger partial charge in [-0.1, -0.05) is 0 Å². The predicted octanol–water partition coefficient (Wildman–Crippen LogP) is 3.29. The zero-order valence-electron chi connectivity index (χ0n) is 9.56. The number of nitrogens with zero attached hydrogens (tertiary/aromatic N) is 2. The number of aromatic nitrogens is 2. The number of amides is 1. The van der Waals surface area contributed by atoms with Gasteiger partial charge in [-0.15, -0.1) is 11.3 Å². The van der Waals surface area contributed by atoms with Crippen molar-refractivity contribution in [3.8, 4) is 0 Å². The normalized spacial score (nSPS) is 12.4. The molecule has 2 aromatic heterocycles. The Morgan fingerprint density at radius 3 is 2.94 bits per heavy atom. The molecule has 2 rings (SSSR count). The standard InChI is InChI=1S/C11H11Br2N3OS/c1-7(6-16-4-2-3-14-16)15-11(17)9-5-8(12)10(13)18-9/h2-5,7H,6H2,1H3,(H,15,17). The molecule has 7 heteroatoms. The van der Waals surface area contributed by atoms with Crippen LogP contribution in [0.2, 0.25) is 0 Å². The predicted molar refractivity (Wildman–Crippen MR) is 78.9 cm³/mol. The van der Waals surface area contributed by atoms with Gasteiger partial charge in [-0.05, 0) is 50.9 Å². The van der Waals surface area contributed by atoms with Crippen molar-refractivity contribution in [2.24, 2.45) is 0 Å². The lowest BCUT2D eigenvalue weighted by Crippen LogP contribution is -2.35. The van der Waals surface area contributed by atoms with Gasteiger partial charge in [0.1, 0.15) is 0 Å². The van der Waals surface area contributed by atoms with Crippen LogP contribution in [-0.4, -0.2) is 21.7 Å². The van der Waals surface area contributed by atoms with Crippen LogP contribution < -0.4 is 5.32 Å². The van der Waals surface area contributed by atoms with E-state index in [0.29, 0.717) is 11.4 Å². The number of nitrogens with one attached hydrogen (secondary N) is 1. The summed E-state index contributed by atoms with van der Waals surface area (Å²) in [5.41, 5.74) is 0. The third-order valence-electron chi connectivity index (χ3n) is 2.27. The summed E-state index contributed by atoms with van der Waals surface area (Å²) in [6.07, 6.45) is 3.60. The number of rotatable bonds is 4. The van der Waals surface area contributed by atoms with Crippen LogP contribution in [0.4, 0.5) is 0 Å². The van der Waals surface area contributed by atoms with E-state index in [0.717, 1.165) is 8.26 Å². The Labute approximate surface area is 126 Å². The van der Waals surface area contributed by atoms with Crippen LogP contribution in [0.1, 0.15) is 16.6 Å². The highest BCUT2D eigenvalue weighted by Gasteiger charge is 2.14. The lowest BCUT2D eigenvalue weighted by atomic mass is 10.3. The number of halogens is 2. The molecule has 1 amide bonds. The van der Waals surface area contributed by atoms with Crippen molar-refractivity contribution >= 4 is 49.1 Å². The molecule has 0 fully saturated rings. The van der Waals surface area contributed by atoms with E-state index in [1.165, 1.54) is 11.3 Å². The fourth-order valence-electron chi connectivity index (χ4n) is 1.49. The molecule has 96 valence electrons. The Kier molecular flexibility index (Phi) is 4.58. The molecule has 1 atom stereocenters. The van der Waals surface area contributed by atoms with Gasteiger partial charge >= 0.3 is 0 Å². The van der Waals surface area contributed by atoms with Crippen molar-refractivity contribution in [3.05, 3.63) is 37.7 Å². The Balaban J connectivity index is 1.94. The number of thiophene rings is 1. The second kappa shape index (κ2) is 5.99. The molecule has 0 saturated carbocycles. The van der Waals surface area contributed by atoms with Crippen LogP contribution in [0.15, 0.2) is 32.8 Å². The van der Waals surface area contributed by atoms with Crippen molar-refractivity contribution in [1.29, 1.82) is 0 Å². The fourth-order valence-corrected chi connectivity index (χ4v) is 3.43. The van der Waals surface area contributed by atoms with Crippen LogP contribution >= 0.6 is 43.2 Å². The van der Waals surface area contributed by atoms with Gasteiger partial charge < -0.3 is 5.32 Å². The van der Waals surface area contributed by atoms with Gasteiger partial charge in [-0.3, -0.25) is 9.48 Å². The second-order valence-corrected chi connectivity index (χ2v) is 7.06. The summed E-state index contributed by atoms with van der Waals surface area (Å²) in [5, 5.41) is 7.05. The van der Waals surface area contributed by atoms with Crippen LogP contribution in [0.3, 0.4) is 0 Å². The maximum Gasteiger partial charge on any atom is 0.261 e. The topological polar surface area (TPSA) is 46.9 Å². The zero-order valence-corrected chi connectivity index (χ0v) is 13.5. The maximum absolute atomic E-state index is 12.0. The van der Waals surface area contributed by atoms with E-state index in [2.05, 4.69) is 42.3 Å². The molecule has 1 N–H and O–H groups in total. The lowest BCUT2D eigenvalue weighted by Gasteiger charge is -2.13. The second-order valence-electron chi connectivity index (χ2n) is 3.83. The molecule has 0 bridgehead atoms. The first-order chi connectivity index (χ1) is 8.56. The molecule has 0 radical (unpaired) electrons. The van der Waals surface area contributed by atoms with E-state index in [-0.39, 0.29) is 11.9 Å². The summed E-state index contributed by atoms with van der Waals surface area (Å²) in [5.74, 6) is -0.0638. The average molecular weight is 393 g/mol. The van der Waals surface area contributed by atoms with E-state index in [9.17, 15) is 4.79 Å². The van der Waals surface area contributed by atoms with Crippen molar-refractivity contribution < 1.29 is 4.79 Å². The molecule has 4 nitrogen and oxygen atoms in total. The van der Waals surface area contributed by atoms with Crippen molar-refractivity contribution in [2.45, 2.75) is 19.5 Å². The Hall–Kier alpha value is -0.660. The lowest BCUT2D eigenvalue weighted by molar-refractivity contribution is 0.0940. The molecule has 1 unspecified atom stereocenters. The monoisotopic (exact) mass is 391 g/mol. The molecule has 0 saturated heterocycles. The molecule has 18 heavy (non-hydrogen) atoms. The van der Waals surface area contributed by atoms with E-state index < -0.39 is 0 Å². The molecule has 0 spiro atoms. The summed E-state index contributed by atoms with van der Waals surface area (Å²) < 4.78 is 3.62. The molecule has 2 aromatic rings. The molecule has 0 aliphatic heterocycles. The van der Waals surface area contributed by atoms with Gasteiger partial charge in [0.15, 0.2) is 0 Å². The van der Waals surface area contributed by atoms with Crippen LogP contribution in [0, 0.1) is 0 Å². The highest BCUT2D eigenvalue weighted by molar-refractivity contribution is 9.13. The first-order valence-corrected chi connectivity index (χ1v) is 7.69. The smallest absolute Gasteiger partial charge is 0.261 e. The molecule has 0 aliphatic carbocycles. The number of carbonyl (C=O) groups is 1. The van der Waals surface area contributed by atoms with Crippen molar-refractivity contribution in [3.63, 3.8) is 0 Å². The van der Waals surface area contributed by atoms with Gasteiger partial charge in [0, 0.05) is 22.9 Å². The molecular formula is C11H11Br2N3OS. The Morgan fingerprint density at radius 2 is 2.39 bits per heavy atom. The highest BCUT2D eigenvalue weighted by atomic mass is 79.9. The third-order valence-corrected chi connectivity index (χ3v) is 5.52. The van der Waals surface area contributed by atoms with Crippen LogP contribution in [-0.2, 0) is 6.54 Å². The van der Waals surface area contributed by atoms with Gasteiger partial charge in [0.2, 0.25) is 0 Å². The maximum atomic E-state index is 12.0. The van der Waals surface area contributed by atoms with Gasteiger partial charge in [-0.25, -0.2) is 0 Å². The van der Waals surface area contributed by atoms with E-state index in [1.54, 1.807) is 10.9 Å². The summed E-state index contributed by atoms with van der Waals surface area (Å²) >= 11 is 8.15. The molecule has 0 aromatic carbocycles. The van der Waals surface area contributed by atoms with Gasteiger partial charge in [-0.2, -0.15) is 5.10 Å². The zero-order chi connectivity index (χ0) is 13.1. The van der Waals surface area contributed by atoms with E-state index in [1.807, 2.05) is 25.3 Å². The molecular weight excluding hydrogens is 382 g/mol. The average Bonchev–Trinajstić information content (AvgIpc) is 2.90. The van der Waals surface area contributed by atoms with Crippen LogP contribution in [0.25, 0.3) is 0 Å². The Bertz CT molecular complexity index is 519. The fraction of sp³-hybridized carbons (Fsp3) is 0.273. The van der Waals surface area contributed by atoms with Crippen molar-refractivity contribution in [1.82, 2.24) is 15.1 Å². The number of carbonyl (C=O) groups excluding carboxylic acids is 1. The van der Waals surface area contributed by atoms with Crippen molar-refractivity contribution in [2.75, 3.05) is 0 Å². The first kappa shape index (κ1) is 13.8. The molecule has 0 aliphatic rings. The minimum absolute atomic E-state index is 0.0250. The molecule has 2 heterocycles. The van der Waals surface area contributed by atoms with E-state index in [4.69, 9.17) is 0 Å². The Morgan fingerprint density at radius 1 is 1.61 bits per heavy atom.